The average Bonchev–Trinajstić information content (AvgIpc) is 2.91. The molecule has 1 saturated carbocycles. The Morgan fingerprint density at radius 2 is 2.31 bits per heavy atom. The van der Waals surface area contributed by atoms with E-state index in [4.69, 9.17) is 5.73 Å². The Bertz CT molecular complexity index is 356. The predicted molar refractivity (Wildman–Crippen MR) is 50.4 cm³/mol. The van der Waals surface area contributed by atoms with E-state index in [2.05, 4.69) is 4.98 Å². The van der Waals surface area contributed by atoms with Crippen molar-refractivity contribution in [2.45, 2.75) is 19.8 Å². The van der Waals surface area contributed by atoms with Gasteiger partial charge in [-0.25, -0.2) is 4.98 Å². The SMILES string of the molecule is Cc1cnc(N)c(C(=O)C2CC2)c1. The number of pyridine rings is 1. The van der Waals surface area contributed by atoms with E-state index >= 15 is 0 Å². The van der Waals surface area contributed by atoms with Crippen LogP contribution in [0, 0.1) is 12.8 Å². The molecule has 0 atom stereocenters. The summed E-state index contributed by atoms with van der Waals surface area (Å²) < 4.78 is 0. The second-order valence-electron chi connectivity index (χ2n) is 3.58. The highest BCUT2D eigenvalue weighted by Crippen LogP contribution is 2.33. The molecule has 0 radical (unpaired) electrons. The van der Waals surface area contributed by atoms with Crippen molar-refractivity contribution in [2.75, 3.05) is 5.73 Å². The molecule has 0 amide bonds. The Hall–Kier alpha value is -1.38. The average molecular weight is 176 g/mol. The Morgan fingerprint density at radius 3 is 2.92 bits per heavy atom. The van der Waals surface area contributed by atoms with E-state index in [1.54, 1.807) is 6.20 Å². The van der Waals surface area contributed by atoms with E-state index in [1.807, 2.05) is 13.0 Å². The first-order valence-electron chi connectivity index (χ1n) is 4.45. The van der Waals surface area contributed by atoms with Crippen LogP contribution in [0.4, 0.5) is 5.82 Å². The number of nitrogens with zero attached hydrogens (tertiary/aromatic N) is 1. The molecule has 3 heteroatoms. The molecule has 1 aromatic heterocycles. The summed E-state index contributed by atoms with van der Waals surface area (Å²) >= 11 is 0. The number of hydrogen-bond donors (Lipinski definition) is 1. The molecule has 0 bridgehead atoms. The molecule has 1 fully saturated rings. The Morgan fingerprint density at radius 1 is 1.62 bits per heavy atom. The fourth-order valence-electron chi connectivity index (χ4n) is 1.34. The molecular weight excluding hydrogens is 164 g/mol. The van der Waals surface area contributed by atoms with Gasteiger partial charge in [0.25, 0.3) is 0 Å². The van der Waals surface area contributed by atoms with Gasteiger partial charge in [-0.3, -0.25) is 4.79 Å². The Kier molecular flexibility index (Phi) is 1.79. The Balaban J connectivity index is 2.37. The van der Waals surface area contributed by atoms with Gasteiger partial charge in [-0.2, -0.15) is 0 Å². The lowest BCUT2D eigenvalue weighted by Crippen LogP contribution is -2.07. The summed E-state index contributed by atoms with van der Waals surface area (Å²) in [6.07, 6.45) is 3.69. The van der Waals surface area contributed by atoms with E-state index in [0.29, 0.717) is 11.4 Å². The van der Waals surface area contributed by atoms with Gasteiger partial charge in [0.05, 0.1) is 5.56 Å². The zero-order valence-corrected chi connectivity index (χ0v) is 7.58. The summed E-state index contributed by atoms with van der Waals surface area (Å²) in [6, 6.07) is 1.82. The number of aromatic nitrogens is 1. The molecule has 2 N–H and O–H groups in total. The first-order valence-corrected chi connectivity index (χ1v) is 4.45. The lowest BCUT2D eigenvalue weighted by atomic mass is 10.1. The van der Waals surface area contributed by atoms with Crippen molar-refractivity contribution in [3.8, 4) is 0 Å². The van der Waals surface area contributed by atoms with Crippen molar-refractivity contribution in [1.29, 1.82) is 0 Å². The third-order valence-electron chi connectivity index (χ3n) is 2.27. The van der Waals surface area contributed by atoms with Crippen molar-refractivity contribution in [3.63, 3.8) is 0 Å². The molecule has 3 nitrogen and oxygen atoms in total. The predicted octanol–water partition coefficient (Wildman–Crippen LogP) is 1.56. The van der Waals surface area contributed by atoms with Gasteiger partial charge in [0, 0.05) is 12.1 Å². The lowest BCUT2D eigenvalue weighted by Gasteiger charge is -2.03. The monoisotopic (exact) mass is 176 g/mol. The molecule has 0 spiro atoms. The second kappa shape index (κ2) is 2.83. The zero-order chi connectivity index (χ0) is 9.42. The van der Waals surface area contributed by atoms with Gasteiger partial charge in [0.15, 0.2) is 5.78 Å². The van der Waals surface area contributed by atoms with Crippen LogP contribution in [-0.4, -0.2) is 10.8 Å². The quantitative estimate of drug-likeness (QED) is 0.696. The summed E-state index contributed by atoms with van der Waals surface area (Å²) in [5, 5.41) is 0. The van der Waals surface area contributed by atoms with E-state index in [0.717, 1.165) is 18.4 Å². The first kappa shape index (κ1) is 8.23. The molecule has 0 unspecified atom stereocenters. The van der Waals surface area contributed by atoms with E-state index in [9.17, 15) is 4.79 Å². The number of ketones is 1. The van der Waals surface area contributed by atoms with Crippen LogP contribution in [0.15, 0.2) is 12.3 Å². The highest BCUT2D eigenvalue weighted by molar-refractivity contribution is 6.02. The maximum atomic E-state index is 11.7. The number of hydrogen-bond acceptors (Lipinski definition) is 3. The minimum absolute atomic E-state index is 0.161. The number of nitrogens with two attached hydrogens (primary N) is 1. The highest BCUT2D eigenvalue weighted by atomic mass is 16.1. The second-order valence-corrected chi connectivity index (χ2v) is 3.58. The van der Waals surface area contributed by atoms with Crippen molar-refractivity contribution in [2.24, 2.45) is 5.92 Å². The van der Waals surface area contributed by atoms with Crippen LogP contribution in [0.5, 0.6) is 0 Å². The topological polar surface area (TPSA) is 56.0 Å². The fourth-order valence-corrected chi connectivity index (χ4v) is 1.34. The van der Waals surface area contributed by atoms with Crippen LogP contribution < -0.4 is 5.73 Å². The van der Waals surface area contributed by atoms with Crippen molar-refractivity contribution < 1.29 is 4.79 Å². The third-order valence-corrected chi connectivity index (χ3v) is 2.27. The molecule has 0 saturated heterocycles. The van der Waals surface area contributed by atoms with Crippen LogP contribution in [0.25, 0.3) is 0 Å². The first-order chi connectivity index (χ1) is 6.18. The summed E-state index contributed by atoms with van der Waals surface area (Å²) in [5.74, 6) is 0.738. The minimum atomic E-state index is 0.161. The summed E-state index contributed by atoms with van der Waals surface area (Å²) in [6.45, 7) is 1.91. The highest BCUT2D eigenvalue weighted by Gasteiger charge is 2.31. The number of carbonyl (C=O) groups excluding carboxylic acids is 1. The number of anilines is 1. The smallest absolute Gasteiger partial charge is 0.169 e. The van der Waals surface area contributed by atoms with Gasteiger partial charge in [-0.05, 0) is 31.4 Å². The van der Waals surface area contributed by atoms with E-state index in [-0.39, 0.29) is 11.7 Å². The van der Waals surface area contributed by atoms with Gasteiger partial charge in [-0.15, -0.1) is 0 Å². The summed E-state index contributed by atoms with van der Waals surface area (Å²) in [5.41, 5.74) is 7.21. The lowest BCUT2D eigenvalue weighted by molar-refractivity contribution is 0.0968. The van der Waals surface area contributed by atoms with Gasteiger partial charge < -0.3 is 5.73 Å². The molecule has 2 rings (SSSR count). The van der Waals surface area contributed by atoms with Crippen LogP contribution in [0.2, 0.25) is 0 Å². The molecule has 13 heavy (non-hydrogen) atoms. The van der Waals surface area contributed by atoms with Gasteiger partial charge in [-0.1, -0.05) is 0 Å². The minimum Gasteiger partial charge on any atom is -0.383 e. The standard InChI is InChI=1S/C10H12N2O/c1-6-4-8(10(11)12-5-6)9(13)7-2-3-7/h4-5,7H,2-3H2,1H3,(H2,11,12). The number of rotatable bonds is 2. The zero-order valence-electron chi connectivity index (χ0n) is 7.58. The molecular formula is C10H12N2O. The van der Waals surface area contributed by atoms with Gasteiger partial charge >= 0.3 is 0 Å². The molecule has 0 aromatic carbocycles. The van der Waals surface area contributed by atoms with Crippen LogP contribution in [0.3, 0.4) is 0 Å². The molecule has 1 aromatic rings. The molecule has 1 aliphatic carbocycles. The number of carbonyl (C=O) groups is 1. The molecule has 0 aliphatic heterocycles. The third kappa shape index (κ3) is 1.54. The largest absolute Gasteiger partial charge is 0.383 e. The Labute approximate surface area is 77.0 Å². The molecule has 1 heterocycles. The van der Waals surface area contributed by atoms with Crippen LogP contribution in [-0.2, 0) is 0 Å². The number of Topliss-reactive ketones (excluding diaryl/α,β-unsaturated/α-hetero) is 1. The van der Waals surface area contributed by atoms with Crippen molar-refractivity contribution in [3.05, 3.63) is 23.4 Å². The van der Waals surface area contributed by atoms with E-state index in [1.165, 1.54) is 0 Å². The maximum absolute atomic E-state index is 11.7. The maximum Gasteiger partial charge on any atom is 0.169 e. The number of nitrogen functional groups attached to an aromatic ring is 1. The summed E-state index contributed by atoms with van der Waals surface area (Å²) in [4.78, 5) is 15.6. The molecule has 68 valence electrons. The van der Waals surface area contributed by atoms with Crippen molar-refractivity contribution in [1.82, 2.24) is 4.98 Å². The van der Waals surface area contributed by atoms with Crippen LogP contribution in [0.1, 0.15) is 28.8 Å². The molecule has 1 aliphatic rings. The summed E-state index contributed by atoms with van der Waals surface area (Å²) in [7, 11) is 0. The van der Waals surface area contributed by atoms with Gasteiger partial charge in [0.2, 0.25) is 0 Å². The number of aryl methyl sites for hydroxylation is 1. The normalized spacial score (nSPS) is 15.8. The van der Waals surface area contributed by atoms with Crippen LogP contribution >= 0.6 is 0 Å². The fraction of sp³-hybridized carbons (Fsp3) is 0.400. The van der Waals surface area contributed by atoms with Crippen molar-refractivity contribution >= 4 is 11.6 Å². The van der Waals surface area contributed by atoms with Gasteiger partial charge in [0.1, 0.15) is 5.82 Å². The van der Waals surface area contributed by atoms with E-state index < -0.39 is 0 Å².